The lowest BCUT2D eigenvalue weighted by Gasteiger charge is -2.35. The van der Waals surface area contributed by atoms with Gasteiger partial charge in [-0.3, -0.25) is 9.59 Å². The Morgan fingerprint density at radius 2 is 1.55 bits per heavy atom. The Hall–Kier alpha value is -3.52. The number of nitrogens with two attached hydrogens (primary N) is 1. The van der Waals surface area contributed by atoms with Crippen LogP contribution in [0, 0.1) is 6.92 Å². The van der Waals surface area contributed by atoms with Crippen LogP contribution in [-0.4, -0.2) is 29.1 Å². The summed E-state index contributed by atoms with van der Waals surface area (Å²) in [6.45, 7) is 4.70. The lowest BCUT2D eigenvalue weighted by atomic mass is 9.68. The van der Waals surface area contributed by atoms with Gasteiger partial charge in [0, 0.05) is 26.1 Å². The van der Waals surface area contributed by atoms with Crippen LogP contribution in [-0.2, 0) is 40.9 Å². The standard InChI is InChI=1S/C25H29N5O3/c1-16(26)11-25(24-30-29-17(2)33-24)22-7-3-18(12-27-14-31)9-20(22)5-6-21-10-19(13-28-15-32)4-8-23(21)25/h3-4,7-10,14-16H,5-6,11-13,26H2,1-2H3,(H,27,31)(H,28,32)/t16-/m0/s1. The third-order valence-electron chi connectivity index (χ3n) is 6.22. The van der Waals surface area contributed by atoms with E-state index in [4.69, 9.17) is 10.2 Å². The fourth-order valence-electron chi connectivity index (χ4n) is 4.98. The summed E-state index contributed by atoms with van der Waals surface area (Å²) in [7, 11) is 0. The van der Waals surface area contributed by atoms with Crippen LogP contribution in [0.3, 0.4) is 0 Å². The van der Waals surface area contributed by atoms with Crippen molar-refractivity contribution in [2.75, 3.05) is 0 Å². The first-order valence-electron chi connectivity index (χ1n) is 11.1. The molecule has 1 aromatic heterocycles. The molecule has 1 atom stereocenters. The third-order valence-corrected chi connectivity index (χ3v) is 6.22. The topological polar surface area (TPSA) is 123 Å². The largest absolute Gasteiger partial charge is 0.424 e. The van der Waals surface area contributed by atoms with Crippen molar-refractivity contribution in [1.82, 2.24) is 20.8 Å². The molecule has 0 spiro atoms. The molecule has 0 aliphatic heterocycles. The lowest BCUT2D eigenvalue weighted by Crippen LogP contribution is -2.37. The minimum absolute atomic E-state index is 0.135. The Kier molecular flexibility index (Phi) is 6.55. The molecule has 0 unspecified atom stereocenters. The molecule has 8 heteroatoms. The van der Waals surface area contributed by atoms with Crippen molar-refractivity contribution >= 4 is 12.8 Å². The van der Waals surface area contributed by atoms with Gasteiger partial charge in [0.2, 0.25) is 24.6 Å². The molecule has 0 radical (unpaired) electrons. The normalized spacial score (nSPS) is 15.0. The third kappa shape index (κ3) is 4.39. The van der Waals surface area contributed by atoms with Crippen molar-refractivity contribution in [1.29, 1.82) is 0 Å². The maximum Gasteiger partial charge on any atom is 0.231 e. The van der Waals surface area contributed by atoms with Gasteiger partial charge < -0.3 is 20.8 Å². The van der Waals surface area contributed by atoms with Gasteiger partial charge in [-0.25, -0.2) is 0 Å². The summed E-state index contributed by atoms with van der Waals surface area (Å²) < 4.78 is 6.09. The van der Waals surface area contributed by atoms with E-state index in [0.717, 1.165) is 35.1 Å². The van der Waals surface area contributed by atoms with E-state index in [2.05, 4.69) is 45.1 Å². The molecule has 2 aromatic carbocycles. The van der Waals surface area contributed by atoms with Gasteiger partial charge in [-0.15, -0.1) is 10.2 Å². The Balaban J connectivity index is 1.96. The zero-order chi connectivity index (χ0) is 23.4. The monoisotopic (exact) mass is 447 g/mol. The number of aromatic nitrogens is 2. The first-order chi connectivity index (χ1) is 16.0. The number of nitrogens with one attached hydrogen (secondary N) is 2. The van der Waals surface area contributed by atoms with Crippen molar-refractivity contribution in [2.45, 2.75) is 57.7 Å². The summed E-state index contributed by atoms with van der Waals surface area (Å²) in [6.07, 6.45) is 3.63. The van der Waals surface area contributed by atoms with Crippen molar-refractivity contribution in [2.24, 2.45) is 5.73 Å². The van der Waals surface area contributed by atoms with Crippen molar-refractivity contribution < 1.29 is 14.0 Å². The van der Waals surface area contributed by atoms with Crippen LogP contribution in [0.4, 0.5) is 0 Å². The van der Waals surface area contributed by atoms with Crippen LogP contribution in [0.1, 0.15) is 58.5 Å². The highest BCUT2D eigenvalue weighted by atomic mass is 16.4. The molecule has 0 saturated carbocycles. The van der Waals surface area contributed by atoms with Gasteiger partial charge in [-0.1, -0.05) is 36.4 Å². The van der Waals surface area contributed by atoms with Crippen LogP contribution < -0.4 is 16.4 Å². The zero-order valence-electron chi connectivity index (χ0n) is 18.9. The second-order valence-electron chi connectivity index (χ2n) is 8.69. The predicted octanol–water partition coefficient (Wildman–Crippen LogP) is 2.04. The Labute approximate surface area is 193 Å². The number of amides is 2. The second-order valence-corrected chi connectivity index (χ2v) is 8.69. The molecule has 0 bridgehead atoms. The van der Waals surface area contributed by atoms with Crippen LogP contribution in [0.2, 0.25) is 0 Å². The van der Waals surface area contributed by atoms with Crippen LogP contribution in [0.5, 0.6) is 0 Å². The van der Waals surface area contributed by atoms with Crippen molar-refractivity contribution in [3.8, 4) is 0 Å². The number of fused-ring (bicyclic) bond motifs is 2. The quantitative estimate of drug-likeness (QED) is 0.432. The van der Waals surface area contributed by atoms with Gasteiger partial charge in [-0.05, 0) is 59.6 Å². The molecule has 3 aromatic rings. The molecule has 33 heavy (non-hydrogen) atoms. The number of rotatable bonds is 9. The van der Waals surface area contributed by atoms with E-state index in [9.17, 15) is 9.59 Å². The predicted molar refractivity (Wildman–Crippen MR) is 123 cm³/mol. The summed E-state index contributed by atoms with van der Waals surface area (Å²) >= 11 is 0. The minimum atomic E-state index is -0.705. The van der Waals surface area contributed by atoms with Crippen molar-refractivity contribution in [3.63, 3.8) is 0 Å². The minimum Gasteiger partial charge on any atom is -0.424 e. The maximum atomic E-state index is 10.8. The zero-order valence-corrected chi connectivity index (χ0v) is 18.9. The smallest absolute Gasteiger partial charge is 0.231 e. The van der Waals surface area contributed by atoms with E-state index in [1.165, 1.54) is 11.1 Å². The highest BCUT2D eigenvalue weighted by Gasteiger charge is 2.46. The Bertz CT molecular complexity index is 1090. The highest BCUT2D eigenvalue weighted by Crippen LogP contribution is 2.47. The number of hydrogen-bond donors (Lipinski definition) is 3. The van der Waals surface area contributed by atoms with Crippen LogP contribution >= 0.6 is 0 Å². The molecule has 2 amide bonds. The number of nitrogens with zero attached hydrogens (tertiary/aromatic N) is 2. The number of benzene rings is 2. The summed E-state index contributed by atoms with van der Waals surface area (Å²) in [5, 5.41) is 14.1. The van der Waals surface area contributed by atoms with Gasteiger partial charge in [0.1, 0.15) is 5.41 Å². The SMILES string of the molecule is Cc1nnc(C2(C[C@H](C)N)c3ccc(CNC=O)cc3CCc3cc(CNC=O)ccc32)o1. The van der Waals surface area contributed by atoms with E-state index >= 15 is 0 Å². The molecule has 4 N–H and O–H groups in total. The summed E-state index contributed by atoms with van der Waals surface area (Å²) in [5.74, 6) is 1.03. The molecule has 1 aliphatic rings. The molecule has 1 aliphatic carbocycles. The second kappa shape index (κ2) is 9.54. The van der Waals surface area contributed by atoms with Gasteiger partial charge in [-0.2, -0.15) is 0 Å². The summed E-state index contributed by atoms with van der Waals surface area (Å²) in [4.78, 5) is 21.6. The highest BCUT2D eigenvalue weighted by molar-refractivity contribution is 5.56. The van der Waals surface area contributed by atoms with Gasteiger partial charge in [0.05, 0.1) is 0 Å². The van der Waals surface area contributed by atoms with Crippen LogP contribution in [0.15, 0.2) is 40.8 Å². The Morgan fingerprint density at radius 1 is 1.00 bits per heavy atom. The van der Waals surface area contributed by atoms with Gasteiger partial charge in [0.15, 0.2) is 0 Å². The fourth-order valence-corrected chi connectivity index (χ4v) is 4.98. The summed E-state index contributed by atoms with van der Waals surface area (Å²) in [5.41, 5.74) is 12.3. The fraction of sp³-hybridized carbons (Fsp3) is 0.360. The van der Waals surface area contributed by atoms with Crippen molar-refractivity contribution in [3.05, 3.63) is 81.6 Å². The number of hydrogen-bond acceptors (Lipinski definition) is 6. The van der Waals surface area contributed by atoms with E-state index < -0.39 is 5.41 Å². The molecular weight excluding hydrogens is 418 g/mol. The molecule has 8 nitrogen and oxygen atoms in total. The lowest BCUT2D eigenvalue weighted by molar-refractivity contribution is -0.110. The molecule has 0 saturated heterocycles. The van der Waals surface area contributed by atoms with E-state index in [1.54, 1.807) is 6.92 Å². The average molecular weight is 448 g/mol. The van der Waals surface area contributed by atoms with E-state index in [0.29, 0.717) is 44.1 Å². The van der Waals surface area contributed by atoms with E-state index in [-0.39, 0.29) is 6.04 Å². The first kappa shape index (κ1) is 22.7. The summed E-state index contributed by atoms with van der Waals surface area (Å²) in [6, 6.07) is 12.4. The number of aryl methyl sites for hydroxylation is 3. The van der Waals surface area contributed by atoms with E-state index in [1.807, 2.05) is 19.1 Å². The average Bonchev–Trinajstić information content (AvgIpc) is 3.20. The number of carbonyl (C=O) groups is 2. The molecular formula is C25H29N5O3. The van der Waals surface area contributed by atoms with Gasteiger partial charge >= 0.3 is 0 Å². The number of carbonyl (C=O) groups excluding carboxylic acids is 2. The van der Waals surface area contributed by atoms with Crippen LogP contribution in [0.25, 0.3) is 0 Å². The molecule has 0 fully saturated rings. The van der Waals surface area contributed by atoms with Gasteiger partial charge in [0.25, 0.3) is 0 Å². The molecule has 4 rings (SSSR count). The Morgan fingerprint density at radius 3 is 1.97 bits per heavy atom. The maximum absolute atomic E-state index is 10.8. The molecule has 1 heterocycles. The first-order valence-corrected chi connectivity index (χ1v) is 11.1. The molecule has 172 valence electrons.